The molecule has 128 valence electrons. The summed E-state index contributed by atoms with van der Waals surface area (Å²) in [7, 11) is 0. The Labute approximate surface area is 141 Å². The summed E-state index contributed by atoms with van der Waals surface area (Å²) in [6, 6.07) is 11.7. The van der Waals surface area contributed by atoms with Gasteiger partial charge in [0.25, 0.3) is 0 Å². The summed E-state index contributed by atoms with van der Waals surface area (Å²) < 4.78 is 32.3. The topological polar surface area (TPSA) is 24.5 Å². The fourth-order valence-electron chi connectivity index (χ4n) is 3.00. The third kappa shape index (κ3) is 3.91. The molecule has 3 rings (SSSR count). The Kier molecular flexibility index (Phi) is 5.43. The van der Waals surface area contributed by atoms with Crippen LogP contribution in [-0.2, 0) is 11.3 Å². The van der Waals surface area contributed by atoms with E-state index in [0.29, 0.717) is 12.1 Å². The molecular weight excluding hydrogens is 310 g/mol. The summed E-state index contributed by atoms with van der Waals surface area (Å²) in [6.45, 7) is 5.72. The molecule has 2 aromatic carbocycles. The molecule has 0 spiro atoms. The van der Waals surface area contributed by atoms with Crippen molar-refractivity contribution in [3.05, 3.63) is 65.2 Å². The van der Waals surface area contributed by atoms with E-state index in [0.717, 1.165) is 37.9 Å². The minimum Gasteiger partial charge on any atom is -0.378 e. The molecule has 3 nitrogen and oxygen atoms in total. The molecule has 0 amide bonds. The first-order valence-electron chi connectivity index (χ1n) is 8.24. The van der Waals surface area contributed by atoms with Gasteiger partial charge in [0.15, 0.2) is 0 Å². The Balaban J connectivity index is 1.70. The maximum Gasteiger partial charge on any atom is 0.130 e. The van der Waals surface area contributed by atoms with Crippen LogP contribution >= 0.6 is 0 Å². The van der Waals surface area contributed by atoms with E-state index in [4.69, 9.17) is 4.74 Å². The van der Waals surface area contributed by atoms with Gasteiger partial charge in [-0.2, -0.15) is 0 Å². The van der Waals surface area contributed by atoms with Crippen molar-refractivity contribution in [2.45, 2.75) is 19.5 Å². The van der Waals surface area contributed by atoms with Crippen LogP contribution in [0.4, 0.5) is 14.5 Å². The lowest BCUT2D eigenvalue weighted by Gasteiger charge is -2.31. The van der Waals surface area contributed by atoms with Crippen molar-refractivity contribution >= 4 is 5.69 Å². The third-order valence-corrected chi connectivity index (χ3v) is 4.37. The molecule has 2 aromatic rings. The van der Waals surface area contributed by atoms with Crippen molar-refractivity contribution in [2.24, 2.45) is 0 Å². The number of nitrogens with zero attached hydrogens (tertiary/aromatic N) is 1. The molecule has 0 saturated carbocycles. The van der Waals surface area contributed by atoms with E-state index < -0.39 is 11.6 Å². The minimum absolute atomic E-state index is 0.205. The lowest BCUT2D eigenvalue weighted by atomic mass is 10.1. The summed E-state index contributed by atoms with van der Waals surface area (Å²) in [5.41, 5.74) is 2.81. The van der Waals surface area contributed by atoms with Crippen molar-refractivity contribution in [1.29, 1.82) is 0 Å². The van der Waals surface area contributed by atoms with Gasteiger partial charge < -0.3 is 15.0 Å². The van der Waals surface area contributed by atoms with Gasteiger partial charge in [0.05, 0.1) is 13.2 Å². The maximum atomic E-state index is 13.9. The smallest absolute Gasteiger partial charge is 0.130 e. The molecule has 0 aliphatic carbocycles. The van der Waals surface area contributed by atoms with Crippen LogP contribution in [0.3, 0.4) is 0 Å². The number of halogens is 2. The second-order valence-electron chi connectivity index (χ2n) is 6.00. The van der Waals surface area contributed by atoms with E-state index >= 15 is 0 Å². The van der Waals surface area contributed by atoms with Gasteiger partial charge in [0, 0.05) is 43.0 Å². The summed E-state index contributed by atoms with van der Waals surface area (Å²) in [5.74, 6) is -1.07. The van der Waals surface area contributed by atoms with Crippen LogP contribution in [0.2, 0.25) is 0 Å². The number of hydrogen-bond acceptors (Lipinski definition) is 3. The Hall–Kier alpha value is -1.98. The van der Waals surface area contributed by atoms with Gasteiger partial charge in [-0.1, -0.05) is 24.3 Å². The first kappa shape index (κ1) is 16.9. The summed E-state index contributed by atoms with van der Waals surface area (Å²) in [5, 5.41) is 3.33. The number of rotatable bonds is 5. The quantitative estimate of drug-likeness (QED) is 0.904. The van der Waals surface area contributed by atoms with Crippen LogP contribution in [-0.4, -0.2) is 26.3 Å². The molecule has 1 aliphatic heterocycles. The van der Waals surface area contributed by atoms with E-state index in [1.807, 2.05) is 19.1 Å². The van der Waals surface area contributed by atoms with Crippen molar-refractivity contribution in [2.75, 3.05) is 31.2 Å². The summed E-state index contributed by atoms with van der Waals surface area (Å²) in [4.78, 5) is 2.31. The Bertz CT molecular complexity index is 687. The largest absolute Gasteiger partial charge is 0.378 e. The Morgan fingerprint density at radius 2 is 1.88 bits per heavy atom. The number of anilines is 1. The van der Waals surface area contributed by atoms with Crippen molar-refractivity contribution < 1.29 is 13.5 Å². The van der Waals surface area contributed by atoms with Gasteiger partial charge in [-0.15, -0.1) is 0 Å². The van der Waals surface area contributed by atoms with Gasteiger partial charge in [-0.25, -0.2) is 8.78 Å². The number of ether oxygens (including phenoxy) is 1. The van der Waals surface area contributed by atoms with E-state index in [-0.39, 0.29) is 6.04 Å². The van der Waals surface area contributed by atoms with Crippen molar-refractivity contribution in [1.82, 2.24) is 5.32 Å². The number of hydrogen-bond donors (Lipinski definition) is 1. The standard InChI is InChI=1S/C19H22F2N2O/c1-14(17-7-6-16(20)12-18(17)21)22-13-15-4-2-3-5-19(15)23-8-10-24-11-9-23/h2-7,12,14,22H,8-11,13H2,1H3/t14-/m0/s1. The predicted octanol–water partition coefficient (Wildman–Crippen LogP) is 3.65. The minimum atomic E-state index is -0.555. The SMILES string of the molecule is C[C@H](NCc1ccccc1N1CCOCC1)c1ccc(F)cc1F. The fraction of sp³-hybridized carbons (Fsp3) is 0.368. The highest BCUT2D eigenvalue weighted by Crippen LogP contribution is 2.23. The molecule has 0 aromatic heterocycles. The second kappa shape index (κ2) is 7.73. The molecule has 1 atom stereocenters. The molecule has 1 aliphatic rings. The molecule has 0 bridgehead atoms. The predicted molar refractivity (Wildman–Crippen MR) is 91.1 cm³/mol. The highest BCUT2D eigenvalue weighted by atomic mass is 19.1. The van der Waals surface area contributed by atoms with Gasteiger partial charge in [-0.3, -0.25) is 0 Å². The molecule has 24 heavy (non-hydrogen) atoms. The van der Waals surface area contributed by atoms with Crippen LogP contribution in [0.5, 0.6) is 0 Å². The van der Waals surface area contributed by atoms with E-state index in [1.165, 1.54) is 17.8 Å². The van der Waals surface area contributed by atoms with Crippen LogP contribution in [0.1, 0.15) is 24.1 Å². The molecule has 1 saturated heterocycles. The highest BCUT2D eigenvalue weighted by Gasteiger charge is 2.16. The molecule has 0 radical (unpaired) electrons. The lowest BCUT2D eigenvalue weighted by Crippen LogP contribution is -2.37. The van der Waals surface area contributed by atoms with Crippen LogP contribution in [0.25, 0.3) is 0 Å². The first-order chi connectivity index (χ1) is 11.6. The van der Waals surface area contributed by atoms with Crippen molar-refractivity contribution in [3.63, 3.8) is 0 Å². The van der Waals surface area contributed by atoms with E-state index in [9.17, 15) is 8.78 Å². The zero-order chi connectivity index (χ0) is 16.9. The van der Waals surface area contributed by atoms with E-state index in [2.05, 4.69) is 22.3 Å². The Morgan fingerprint density at radius 1 is 1.12 bits per heavy atom. The normalized spacial score (nSPS) is 16.2. The molecule has 1 heterocycles. The molecule has 0 unspecified atom stereocenters. The molecule has 1 fully saturated rings. The van der Waals surface area contributed by atoms with Crippen molar-refractivity contribution in [3.8, 4) is 0 Å². The maximum absolute atomic E-state index is 13.9. The number of benzene rings is 2. The number of nitrogens with one attached hydrogen (secondary N) is 1. The zero-order valence-electron chi connectivity index (χ0n) is 13.8. The highest BCUT2D eigenvalue weighted by molar-refractivity contribution is 5.54. The molecular formula is C19H22F2N2O. The van der Waals surface area contributed by atoms with E-state index in [1.54, 1.807) is 0 Å². The fourth-order valence-corrected chi connectivity index (χ4v) is 3.00. The van der Waals surface area contributed by atoms with Crippen LogP contribution in [0, 0.1) is 11.6 Å². The van der Waals surface area contributed by atoms with Gasteiger partial charge in [0.2, 0.25) is 0 Å². The summed E-state index contributed by atoms with van der Waals surface area (Å²) in [6.07, 6.45) is 0. The van der Waals surface area contributed by atoms with Gasteiger partial charge in [0.1, 0.15) is 11.6 Å². The Morgan fingerprint density at radius 3 is 2.62 bits per heavy atom. The zero-order valence-corrected chi connectivity index (χ0v) is 13.8. The molecule has 5 heteroatoms. The third-order valence-electron chi connectivity index (χ3n) is 4.37. The lowest BCUT2D eigenvalue weighted by molar-refractivity contribution is 0.122. The van der Waals surface area contributed by atoms with Crippen LogP contribution in [0.15, 0.2) is 42.5 Å². The summed E-state index contributed by atoms with van der Waals surface area (Å²) >= 11 is 0. The van der Waals surface area contributed by atoms with Gasteiger partial charge >= 0.3 is 0 Å². The van der Waals surface area contributed by atoms with Gasteiger partial charge in [-0.05, 0) is 24.6 Å². The molecule has 1 N–H and O–H groups in total. The average Bonchev–Trinajstić information content (AvgIpc) is 2.61. The number of morpholine rings is 1. The van der Waals surface area contributed by atoms with Crippen LogP contribution < -0.4 is 10.2 Å². The first-order valence-corrected chi connectivity index (χ1v) is 8.24. The second-order valence-corrected chi connectivity index (χ2v) is 6.00. The average molecular weight is 332 g/mol. The monoisotopic (exact) mass is 332 g/mol. The number of para-hydroxylation sites is 1.